The van der Waals surface area contributed by atoms with E-state index in [1.807, 2.05) is 22.7 Å². The average molecular weight is 292 g/mol. The molecule has 0 radical (unpaired) electrons. The fourth-order valence-electron chi connectivity index (χ4n) is 2.17. The zero-order valence-corrected chi connectivity index (χ0v) is 12.9. The molecule has 0 unspecified atom stereocenters. The Balaban J connectivity index is 1.70. The number of nitrogens with one attached hydrogen (secondary N) is 1. The summed E-state index contributed by atoms with van der Waals surface area (Å²) in [5.41, 5.74) is 1.33. The summed E-state index contributed by atoms with van der Waals surface area (Å²) in [7, 11) is 0. The fourth-order valence-corrected chi connectivity index (χ4v) is 4.06. The van der Waals surface area contributed by atoms with Crippen LogP contribution in [-0.4, -0.2) is 11.0 Å². The van der Waals surface area contributed by atoms with Crippen molar-refractivity contribution in [2.75, 3.05) is 0 Å². The average Bonchev–Trinajstić information content (AvgIpc) is 2.95. The van der Waals surface area contributed by atoms with Crippen LogP contribution < -0.4 is 5.32 Å². The van der Waals surface area contributed by atoms with E-state index in [0.717, 1.165) is 25.4 Å². The third-order valence-corrected chi connectivity index (χ3v) is 5.32. The van der Waals surface area contributed by atoms with Crippen molar-refractivity contribution in [1.82, 2.24) is 10.3 Å². The molecular formula is C15H20N2S2. The van der Waals surface area contributed by atoms with Gasteiger partial charge in [-0.25, -0.2) is 4.98 Å². The number of thiazole rings is 1. The molecule has 0 atom stereocenters. The van der Waals surface area contributed by atoms with E-state index in [1.54, 1.807) is 0 Å². The van der Waals surface area contributed by atoms with E-state index in [-0.39, 0.29) is 0 Å². The van der Waals surface area contributed by atoms with Crippen LogP contribution in [0, 0.1) is 0 Å². The van der Waals surface area contributed by atoms with Gasteiger partial charge in [-0.2, -0.15) is 0 Å². The van der Waals surface area contributed by atoms with Crippen LogP contribution in [0.4, 0.5) is 0 Å². The van der Waals surface area contributed by atoms with Gasteiger partial charge in [0.05, 0.1) is 10.7 Å². The Bertz CT molecular complexity index is 512. The molecule has 0 saturated heterocycles. The van der Waals surface area contributed by atoms with Gasteiger partial charge in [-0.15, -0.1) is 22.7 Å². The summed E-state index contributed by atoms with van der Waals surface area (Å²) in [6.07, 6.45) is 6.00. The van der Waals surface area contributed by atoms with Crippen molar-refractivity contribution in [3.05, 3.63) is 38.0 Å². The van der Waals surface area contributed by atoms with Gasteiger partial charge in [0, 0.05) is 28.8 Å². The predicted octanol–water partition coefficient (Wildman–Crippen LogP) is 4.00. The van der Waals surface area contributed by atoms with Crippen LogP contribution >= 0.6 is 22.7 Å². The molecule has 3 rings (SSSR count). The van der Waals surface area contributed by atoms with Crippen molar-refractivity contribution >= 4 is 22.7 Å². The minimum Gasteiger partial charge on any atom is -0.309 e. The first kappa shape index (κ1) is 13.3. The van der Waals surface area contributed by atoms with E-state index >= 15 is 0 Å². The number of nitrogens with zero attached hydrogens (tertiary/aromatic N) is 1. The second kappa shape index (κ2) is 6.16. The van der Waals surface area contributed by atoms with Crippen molar-refractivity contribution in [3.63, 3.8) is 0 Å². The van der Waals surface area contributed by atoms with E-state index in [2.05, 4.69) is 29.8 Å². The Hall–Kier alpha value is -0.710. The highest BCUT2D eigenvalue weighted by Crippen LogP contribution is 2.26. The van der Waals surface area contributed by atoms with Gasteiger partial charge in [0.2, 0.25) is 0 Å². The van der Waals surface area contributed by atoms with Gasteiger partial charge in [-0.3, -0.25) is 0 Å². The summed E-state index contributed by atoms with van der Waals surface area (Å²) in [4.78, 5) is 7.73. The minimum atomic E-state index is 0.775. The lowest BCUT2D eigenvalue weighted by Gasteiger charge is -2.01. The van der Waals surface area contributed by atoms with E-state index < -0.39 is 0 Å². The molecule has 19 heavy (non-hydrogen) atoms. The Morgan fingerprint density at radius 2 is 2.32 bits per heavy atom. The van der Waals surface area contributed by atoms with Gasteiger partial charge in [-0.05, 0) is 30.7 Å². The maximum absolute atomic E-state index is 4.86. The number of hydrogen-bond donors (Lipinski definition) is 1. The molecule has 0 amide bonds. The number of thiophene rings is 1. The molecule has 0 aliphatic heterocycles. The molecular weight excluding hydrogens is 272 g/mol. The van der Waals surface area contributed by atoms with E-state index in [9.17, 15) is 0 Å². The quantitative estimate of drug-likeness (QED) is 0.834. The summed E-state index contributed by atoms with van der Waals surface area (Å²) in [6, 6.07) is 5.10. The van der Waals surface area contributed by atoms with Crippen LogP contribution in [0.5, 0.6) is 0 Å². The molecule has 2 aromatic heterocycles. The Morgan fingerprint density at radius 1 is 1.42 bits per heavy atom. The van der Waals surface area contributed by atoms with Gasteiger partial charge < -0.3 is 5.32 Å². The van der Waals surface area contributed by atoms with Gasteiger partial charge in [0.15, 0.2) is 0 Å². The van der Waals surface area contributed by atoms with Crippen molar-refractivity contribution < 1.29 is 0 Å². The Labute approximate surface area is 122 Å². The number of hydrogen-bond acceptors (Lipinski definition) is 4. The first-order chi connectivity index (χ1) is 9.35. The summed E-state index contributed by atoms with van der Waals surface area (Å²) in [5.74, 6) is 0. The number of rotatable bonds is 7. The van der Waals surface area contributed by atoms with E-state index in [0.29, 0.717) is 0 Å². The lowest BCUT2D eigenvalue weighted by atomic mass is 10.2. The molecule has 1 fully saturated rings. The highest BCUT2D eigenvalue weighted by atomic mass is 32.1. The molecule has 1 aliphatic rings. The molecule has 102 valence electrons. The number of aryl methyl sites for hydroxylation is 1. The normalized spacial score (nSPS) is 15.0. The molecule has 0 spiro atoms. The molecule has 4 heteroatoms. The van der Waals surface area contributed by atoms with Gasteiger partial charge in [-0.1, -0.05) is 19.4 Å². The van der Waals surface area contributed by atoms with E-state index in [1.165, 1.54) is 39.7 Å². The van der Waals surface area contributed by atoms with Crippen LogP contribution in [0.1, 0.15) is 46.6 Å². The monoisotopic (exact) mass is 292 g/mol. The lowest BCUT2D eigenvalue weighted by molar-refractivity contribution is 0.686. The topological polar surface area (TPSA) is 24.9 Å². The highest BCUT2D eigenvalue weighted by Gasteiger charge is 2.21. The molecule has 2 heterocycles. The highest BCUT2D eigenvalue weighted by molar-refractivity contribution is 7.12. The second-order valence-electron chi connectivity index (χ2n) is 5.14. The molecule has 0 aromatic carbocycles. The van der Waals surface area contributed by atoms with E-state index in [4.69, 9.17) is 4.98 Å². The summed E-state index contributed by atoms with van der Waals surface area (Å²) >= 11 is 3.73. The maximum atomic E-state index is 4.86. The minimum absolute atomic E-state index is 0.775. The smallest absolute Gasteiger partial charge is 0.0983 e. The van der Waals surface area contributed by atoms with Crippen molar-refractivity contribution in [2.45, 2.75) is 51.6 Å². The first-order valence-corrected chi connectivity index (χ1v) is 8.78. The third-order valence-electron chi connectivity index (χ3n) is 3.34. The summed E-state index contributed by atoms with van der Waals surface area (Å²) < 4.78 is 0. The Morgan fingerprint density at radius 3 is 3.00 bits per heavy atom. The predicted molar refractivity (Wildman–Crippen MR) is 83.1 cm³/mol. The van der Waals surface area contributed by atoms with Gasteiger partial charge >= 0.3 is 0 Å². The van der Waals surface area contributed by atoms with Gasteiger partial charge in [0.25, 0.3) is 0 Å². The summed E-state index contributed by atoms with van der Waals surface area (Å²) in [5, 5.41) is 7.04. The third kappa shape index (κ3) is 3.65. The van der Waals surface area contributed by atoms with Crippen molar-refractivity contribution in [3.8, 4) is 0 Å². The molecule has 1 N–H and O–H groups in total. The zero-order valence-electron chi connectivity index (χ0n) is 11.3. The van der Waals surface area contributed by atoms with Crippen LogP contribution in [0.15, 0.2) is 17.5 Å². The lowest BCUT2D eigenvalue weighted by Crippen LogP contribution is -2.15. The number of aromatic nitrogens is 1. The van der Waals surface area contributed by atoms with Crippen molar-refractivity contribution in [2.24, 2.45) is 0 Å². The molecule has 1 aliphatic carbocycles. The Kier molecular flexibility index (Phi) is 4.31. The van der Waals surface area contributed by atoms with Crippen LogP contribution in [-0.2, 0) is 19.4 Å². The standard InChI is InChI=1S/C15H20N2S2/c1-2-4-13-14(10-16-11-6-7-11)19-15(17-13)9-12-5-3-8-18-12/h3,5,8,11,16H,2,4,6-7,9-10H2,1H3. The van der Waals surface area contributed by atoms with Gasteiger partial charge in [0.1, 0.15) is 0 Å². The molecule has 1 saturated carbocycles. The van der Waals surface area contributed by atoms with Crippen LogP contribution in [0.2, 0.25) is 0 Å². The molecule has 2 aromatic rings. The molecule has 0 bridgehead atoms. The molecule has 2 nitrogen and oxygen atoms in total. The van der Waals surface area contributed by atoms with Crippen molar-refractivity contribution in [1.29, 1.82) is 0 Å². The SMILES string of the molecule is CCCc1nc(Cc2cccs2)sc1CNC1CC1. The zero-order chi connectivity index (χ0) is 13.1. The van der Waals surface area contributed by atoms with Crippen LogP contribution in [0.25, 0.3) is 0 Å². The maximum Gasteiger partial charge on any atom is 0.0983 e. The fraction of sp³-hybridized carbons (Fsp3) is 0.533. The first-order valence-electron chi connectivity index (χ1n) is 7.08. The second-order valence-corrected chi connectivity index (χ2v) is 7.34. The largest absolute Gasteiger partial charge is 0.309 e. The van der Waals surface area contributed by atoms with Crippen LogP contribution in [0.3, 0.4) is 0 Å². The summed E-state index contributed by atoms with van der Waals surface area (Å²) in [6.45, 7) is 3.25.